The third-order valence-corrected chi connectivity index (χ3v) is 6.73. The van der Waals surface area contributed by atoms with Crippen molar-refractivity contribution in [2.24, 2.45) is 0 Å². The van der Waals surface area contributed by atoms with Crippen LogP contribution in [0, 0.1) is 0 Å². The summed E-state index contributed by atoms with van der Waals surface area (Å²) in [6.07, 6.45) is 3.17. The number of anilines is 2. The van der Waals surface area contributed by atoms with Gasteiger partial charge in [-0.25, -0.2) is 14.5 Å². The first-order valence-corrected chi connectivity index (χ1v) is 12.5. The number of amides is 1. The molecular formula is C24H29N7O3S. The Morgan fingerprint density at radius 3 is 2.69 bits per heavy atom. The van der Waals surface area contributed by atoms with E-state index in [1.807, 2.05) is 38.3 Å². The lowest BCUT2D eigenvalue weighted by molar-refractivity contribution is 0.0989. The van der Waals surface area contributed by atoms with Gasteiger partial charge in [-0.2, -0.15) is 5.10 Å². The van der Waals surface area contributed by atoms with Crippen LogP contribution in [-0.4, -0.2) is 36.8 Å². The van der Waals surface area contributed by atoms with E-state index in [9.17, 15) is 14.4 Å². The van der Waals surface area contributed by atoms with Gasteiger partial charge in [-0.1, -0.05) is 19.4 Å². The fourth-order valence-corrected chi connectivity index (χ4v) is 4.73. The van der Waals surface area contributed by atoms with Gasteiger partial charge in [0.25, 0.3) is 11.5 Å². The minimum absolute atomic E-state index is 0.0240. The number of thiophene rings is 1. The van der Waals surface area contributed by atoms with Crippen molar-refractivity contribution in [3.8, 4) is 10.6 Å². The Balaban J connectivity index is 1.92. The van der Waals surface area contributed by atoms with Crippen LogP contribution in [0.5, 0.6) is 0 Å². The van der Waals surface area contributed by atoms with Gasteiger partial charge in [0.05, 0.1) is 27.7 Å². The van der Waals surface area contributed by atoms with Crippen LogP contribution in [0.1, 0.15) is 56.9 Å². The number of aromatic amines is 1. The molecule has 4 aromatic heterocycles. The molecule has 0 aliphatic heterocycles. The monoisotopic (exact) mass is 495 g/mol. The van der Waals surface area contributed by atoms with Crippen LogP contribution in [0.3, 0.4) is 0 Å². The lowest BCUT2D eigenvalue weighted by Crippen LogP contribution is -2.41. The highest BCUT2D eigenvalue weighted by Gasteiger charge is 2.27. The maximum atomic E-state index is 14.0. The fraction of sp³-hybridized carbons (Fsp3) is 0.375. The number of carbonyl (C=O) groups excluding carboxylic acids is 1. The van der Waals surface area contributed by atoms with Crippen LogP contribution < -0.4 is 21.9 Å². The number of nitrogens with two attached hydrogens (primary N) is 1. The Hall–Kier alpha value is -3.73. The van der Waals surface area contributed by atoms with E-state index < -0.39 is 17.2 Å². The van der Waals surface area contributed by atoms with Gasteiger partial charge >= 0.3 is 5.69 Å². The van der Waals surface area contributed by atoms with Gasteiger partial charge in [-0.15, -0.1) is 11.3 Å². The van der Waals surface area contributed by atoms with Gasteiger partial charge in [0.1, 0.15) is 5.82 Å². The van der Waals surface area contributed by atoms with Crippen molar-refractivity contribution in [1.29, 1.82) is 0 Å². The average Bonchev–Trinajstić information content (AvgIpc) is 3.50. The molecule has 35 heavy (non-hydrogen) atoms. The van der Waals surface area contributed by atoms with E-state index in [0.29, 0.717) is 35.3 Å². The highest BCUT2D eigenvalue weighted by atomic mass is 32.1. The summed E-state index contributed by atoms with van der Waals surface area (Å²) >= 11 is 1.52. The molecule has 0 spiro atoms. The molecule has 0 unspecified atom stereocenters. The molecule has 4 aromatic rings. The zero-order chi connectivity index (χ0) is 25.3. The summed E-state index contributed by atoms with van der Waals surface area (Å²) in [6.45, 7) is 8.26. The van der Waals surface area contributed by atoms with Crippen molar-refractivity contribution in [2.45, 2.75) is 53.1 Å². The molecule has 0 bridgehead atoms. The van der Waals surface area contributed by atoms with E-state index in [2.05, 4.69) is 10.1 Å². The summed E-state index contributed by atoms with van der Waals surface area (Å²) in [5, 5.41) is 6.99. The van der Waals surface area contributed by atoms with Gasteiger partial charge in [0.15, 0.2) is 11.3 Å². The van der Waals surface area contributed by atoms with E-state index in [1.54, 1.807) is 23.9 Å². The molecule has 0 aliphatic rings. The highest BCUT2D eigenvalue weighted by Crippen LogP contribution is 2.30. The van der Waals surface area contributed by atoms with Crippen molar-refractivity contribution < 1.29 is 4.79 Å². The van der Waals surface area contributed by atoms with Crippen LogP contribution in [0.25, 0.3) is 21.6 Å². The standard InChI is InChI=1S/C24H29N7O3S/c1-5-7-10-30-20(25)19(22(32)28-24(30)34)29(6-2)23(33)15-12-17(18-9-8-11-35-18)27-21-16(15)13-26-31(21)14(3)4/h8-9,11-14H,5-7,10,25H2,1-4H3,(H,28,32,34). The Kier molecular flexibility index (Phi) is 6.88. The summed E-state index contributed by atoms with van der Waals surface area (Å²) in [4.78, 5) is 48.6. The van der Waals surface area contributed by atoms with E-state index in [-0.39, 0.29) is 24.1 Å². The number of nitrogens with one attached hydrogen (secondary N) is 1. The molecular weight excluding hydrogens is 466 g/mol. The number of nitrogen functional groups attached to an aromatic ring is 1. The molecule has 0 saturated carbocycles. The summed E-state index contributed by atoms with van der Waals surface area (Å²) in [5.41, 5.74) is 6.57. The first kappa shape index (κ1) is 24.4. The molecule has 0 atom stereocenters. The number of hydrogen-bond acceptors (Lipinski definition) is 7. The Morgan fingerprint density at radius 1 is 1.29 bits per heavy atom. The molecule has 1 amide bonds. The number of hydrogen-bond donors (Lipinski definition) is 2. The zero-order valence-corrected chi connectivity index (χ0v) is 21.1. The molecule has 184 valence electrons. The second-order valence-electron chi connectivity index (χ2n) is 8.50. The number of pyridine rings is 1. The molecule has 4 rings (SSSR count). The SMILES string of the molecule is CCCCn1c(N)c(N(CC)C(=O)c2cc(-c3cccs3)nc3c2cnn3C(C)C)c(=O)[nH]c1=O. The predicted molar refractivity (Wildman–Crippen MR) is 139 cm³/mol. The molecule has 4 heterocycles. The molecule has 10 nitrogen and oxygen atoms in total. The van der Waals surface area contributed by atoms with E-state index in [0.717, 1.165) is 11.3 Å². The average molecular weight is 496 g/mol. The molecule has 11 heteroatoms. The normalized spacial score (nSPS) is 11.5. The predicted octanol–water partition coefficient (Wildman–Crippen LogP) is 3.64. The van der Waals surface area contributed by atoms with E-state index in [4.69, 9.17) is 10.7 Å². The van der Waals surface area contributed by atoms with Crippen molar-refractivity contribution >= 4 is 39.8 Å². The molecule has 0 aromatic carbocycles. The quantitative estimate of drug-likeness (QED) is 0.384. The summed E-state index contributed by atoms with van der Waals surface area (Å²) in [6, 6.07) is 5.62. The Labute approximate surface area is 206 Å². The molecule has 0 fully saturated rings. The summed E-state index contributed by atoms with van der Waals surface area (Å²) < 4.78 is 3.08. The third-order valence-electron chi connectivity index (χ3n) is 5.84. The molecule has 3 N–H and O–H groups in total. The van der Waals surface area contributed by atoms with Crippen LogP contribution >= 0.6 is 11.3 Å². The number of aromatic nitrogens is 5. The van der Waals surface area contributed by atoms with Gasteiger partial charge < -0.3 is 10.6 Å². The largest absolute Gasteiger partial charge is 0.383 e. The zero-order valence-electron chi connectivity index (χ0n) is 20.2. The van der Waals surface area contributed by atoms with E-state index >= 15 is 0 Å². The molecule has 0 radical (unpaired) electrons. The Bertz CT molecular complexity index is 1480. The highest BCUT2D eigenvalue weighted by molar-refractivity contribution is 7.13. The third kappa shape index (κ3) is 4.39. The first-order chi connectivity index (χ1) is 16.8. The Morgan fingerprint density at radius 2 is 2.06 bits per heavy atom. The molecule has 0 aliphatic carbocycles. The second kappa shape index (κ2) is 9.87. The maximum absolute atomic E-state index is 14.0. The van der Waals surface area contributed by atoms with Gasteiger partial charge in [0.2, 0.25) is 0 Å². The summed E-state index contributed by atoms with van der Waals surface area (Å²) in [7, 11) is 0. The van der Waals surface area contributed by atoms with Crippen LogP contribution in [0.2, 0.25) is 0 Å². The number of carbonyl (C=O) groups is 1. The second-order valence-corrected chi connectivity index (χ2v) is 9.45. The minimum atomic E-state index is -0.697. The molecule has 0 saturated heterocycles. The van der Waals surface area contributed by atoms with Crippen LogP contribution in [0.4, 0.5) is 11.5 Å². The van der Waals surface area contributed by atoms with Crippen molar-refractivity contribution in [3.05, 3.63) is 56.2 Å². The smallest absolute Gasteiger partial charge is 0.330 e. The van der Waals surface area contributed by atoms with Crippen LogP contribution in [0.15, 0.2) is 39.4 Å². The summed E-state index contributed by atoms with van der Waals surface area (Å²) in [5.74, 6) is -0.442. The van der Waals surface area contributed by atoms with Crippen LogP contribution in [-0.2, 0) is 6.54 Å². The number of unbranched alkanes of at least 4 members (excludes halogenated alkanes) is 1. The number of fused-ring (bicyclic) bond motifs is 1. The number of H-pyrrole nitrogens is 1. The van der Waals surface area contributed by atoms with Crippen molar-refractivity contribution in [1.82, 2.24) is 24.3 Å². The van der Waals surface area contributed by atoms with Crippen molar-refractivity contribution in [3.63, 3.8) is 0 Å². The minimum Gasteiger partial charge on any atom is -0.383 e. The van der Waals surface area contributed by atoms with Gasteiger partial charge in [0, 0.05) is 19.1 Å². The van der Waals surface area contributed by atoms with E-state index in [1.165, 1.54) is 20.8 Å². The number of nitrogens with zero attached hydrogens (tertiary/aromatic N) is 5. The lowest BCUT2D eigenvalue weighted by Gasteiger charge is -2.23. The number of rotatable bonds is 8. The first-order valence-electron chi connectivity index (χ1n) is 11.6. The maximum Gasteiger partial charge on any atom is 0.330 e. The van der Waals surface area contributed by atoms with Gasteiger partial charge in [-0.05, 0) is 44.7 Å². The topological polar surface area (TPSA) is 132 Å². The lowest BCUT2D eigenvalue weighted by atomic mass is 10.1. The van der Waals surface area contributed by atoms with Gasteiger partial charge in [-0.3, -0.25) is 19.1 Å². The van der Waals surface area contributed by atoms with Crippen molar-refractivity contribution in [2.75, 3.05) is 17.2 Å². The fourth-order valence-electron chi connectivity index (χ4n) is 4.05.